The van der Waals surface area contributed by atoms with Crippen LogP contribution in [-0.4, -0.2) is 13.7 Å². The lowest BCUT2D eigenvalue weighted by Gasteiger charge is -2.02. The Kier molecular flexibility index (Phi) is 4.25. The topological polar surface area (TPSA) is 53.7 Å². The minimum absolute atomic E-state index is 0.518. The Morgan fingerprint density at radius 1 is 1.23 bits per heavy atom. The van der Waals surface area contributed by atoms with E-state index in [1.807, 2.05) is 24.3 Å². The molecule has 0 saturated carbocycles. The van der Waals surface area contributed by atoms with Gasteiger partial charge in [-0.15, -0.1) is 0 Å². The highest BCUT2D eigenvalue weighted by molar-refractivity contribution is 5.26. The quantitative estimate of drug-likeness (QED) is 0.547. The molecular formula is C9H13NO3. The zero-order valence-corrected chi connectivity index (χ0v) is 7.53. The molecule has 0 radical (unpaired) electrons. The summed E-state index contributed by atoms with van der Waals surface area (Å²) >= 11 is 0. The minimum atomic E-state index is 0.518. The van der Waals surface area contributed by atoms with Crippen LogP contribution in [0.4, 0.5) is 0 Å². The summed E-state index contributed by atoms with van der Waals surface area (Å²) < 4.78 is 0. The molecule has 0 saturated heterocycles. The summed E-state index contributed by atoms with van der Waals surface area (Å²) in [6.07, 6.45) is 0.795. The Morgan fingerprint density at radius 3 is 2.46 bits per heavy atom. The third-order valence-corrected chi connectivity index (χ3v) is 1.61. The van der Waals surface area contributed by atoms with Crippen LogP contribution in [0.2, 0.25) is 0 Å². The van der Waals surface area contributed by atoms with Crippen LogP contribution in [0.5, 0.6) is 5.75 Å². The summed E-state index contributed by atoms with van der Waals surface area (Å²) in [7, 11) is 1.47. The standard InChI is InChI=1S/C9H13NO3/c1-11-13-9-4-2-8(3-5-9)6-7-12-10/h2-5H,6-7,10H2,1H3. The lowest BCUT2D eigenvalue weighted by molar-refractivity contribution is -0.178. The molecule has 0 fully saturated rings. The van der Waals surface area contributed by atoms with Crippen molar-refractivity contribution >= 4 is 0 Å². The first kappa shape index (κ1) is 9.98. The van der Waals surface area contributed by atoms with Gasteiger partial charge in [0, 0.05) is 0 Å². The number of hydrogen-bond acceptors (Lipinski definition) is 4. The first-order chi connectivity index (χ1) is 6.36. The zero-order valence-electron chi connectivity index (χ0n) is 7.53. The molecule has 0 aliphatic rings. The van der Waals surface area contributed by atoms with Crippen LogP contribution in [0.25, 0.3) is 0 Å². The maximum atomic E-state index is 4.91. The SMILES string of the molecule is COOc1ccc(CCON)cc1. The molecular weight excluding hydrogens is 170 g/mol. The van der Waals surface area contributed by atoms with E-state index >= 15 is 0 Å². The van der Waals surface area contributed by atoms with E-state index in [1.165, 1.54) is 7.11 Å². The molecule has 4 nitrogen and oxygen atoms in total. The van der Waals surface area contributed by atoms with Gasteiger partial charge in [-0.25, -0.2) is 5.90 Å². The molecule has 0 aromatic heterocycles. The molecule has 4 heteroatoms. The van der Waals surface area contributed by atoms with Gasteiger partial charge in [-0.05, 0) is 24.1 Å². The van der Waals surface area contributed by atoms with Crippen molar-refractivity contribution in [2.24, 2.45) is 5.90 Å². The van der Waals surface area contributed by atoms with E-state index in [-0.39, 0.29) is 0 Å². The maximum absolute atomic E-state index is 4.91. The summed E-state index contributed by atoms with van der Waals surface area (Å²) in [6.45, 7) is 0.518. The van der Waals surface area contributed by atoms with Gasteiger partial charge in [0.25, 0.3) is 0 Å². The average molecular weight is 183 g/mol. The van der Waals surface area contributed by atoms with Crippen LogP contribution in [0, 0.1) is 0 Å². The molecule has 72 valence electrons. The van der Waals surface area contributed by atoms with Crippen molar-refractivity contribution in [1.29, 1.82) is 0 Å². The molecule has 0 heterocycles. The molecule has 0 amide bonds. The highest BCUT2D eigenvalue weighted by atomic mass is 17.2. The van der Waals surface area contributed by atoms with Crippen molar-refractivity contribution in [3.63, 3.8) is 0 Å². The van der Waals surface area contributed by atoms with Gasteiger partial charge in [0.1, 0.15) is 0 Å². The van der Waals surface area contributed by atoms with Gasteiger partial charge in [-0.1, -0.05) is 12.1 Å². The zero-order chi connectivity index (χ0) is 9.52. The second-order valence-corrected chi connectivity index (χ2v) is 2.51. The Balaban J connectivity index is 2.48. The van der Waals surface area contributed by atoms with Crippen molar-refractivity contribution in [2.45, 2.75) is 6.42 Å². The predicted octanol–water partition coefficient (Wildman–Crippen LogP) is 1.06. The van der Waals surface area contributed by atoms with Crippen LogP contribution in [0.1, 0.15) is 5.56 Å². The van der Waals surface area contributed by atoms with Gasteiger partial charge >= 0.3 is 0 Å². The van der Waals surface area contributed by atoms with E-state index in [9.17, 15) is 0 Å². The first-order valence-electron chi connectivity index (χ1n) is 3.98. The molecule has 1 aromatic rings. The fourth-order valence-corrected chi connectivity index (χ4v) is 0.985. The van der Waals surface area contributed by atoms with Gasteiger partial charge in [-0.3, -0.25) is 0 Å². The van der Waals surface area contributed by atoms with Crippen LogP contribution in [0.15, 0.2) is 24.3 Å². The number of benzene rings is 1. The fraction of sp³-hybridized carbons (Fsp3) is 0.333. The van der Waals surface area contributed by atoms with Gasteiger partial charge in [-0.2, -0.15) is 4.89 Å². The predicted molar refractivity (Wildman–Crippen MR) is 47.9 cm³/mol. The summed E-state index contributed by atoms with van der Waals surface area (Å²) in [6, 6.07) is 7.53. The molecule has 2 N–H and O–H groups in total. The molecule has 0 bridgehead atoms. The lowest BCUT2D eigenvalue weighted by Crippen LogP contribution is -2.03. The van der Waals surface area contributed by atoms with Crippen LogP contribution in [-0.2, 0) is 16.1 Å². The molecule has 0 spiro atoms. The summed E-state index contributed by atoms with van der Waals surface area (Å²) in [4.78, 5) is 13.8. The van der Waals surface area contributed by atoms with E-state index in [0.717, 1.165) is 12.0 Å². The summed E-state index contributed by atoms with van der Waals surface area (Å²) in [5.74, 6) is 5.59. The molecule has 1 aromatic carbocycles. The Hall–Kier alpha value is -1.10. The number of rotatable bonds is 5. The normalized spacial score (nSPS) is 10.0. The second-order valence-electron chi connectivity index (χ2n) is 2.51. The van der Waals surface area contributed by atoms with Crippen LogP contribution in [0.3, 0.4) is 0 Å². The van der Waals surface area contributed by atoms with E-state index < -0.39 is 0 Å². The van der Waals surface area contributed by atoms with E-state index in [4.69, 9.17) is 10.8 Å². The smallest absolute Gasteiger partial charge is 0.165 e. The highest BCUT2D eigenvalue weighted by Gasteiger charge is 1.95. The van der Waals surface area contributed by atoms with Crippen molar-refractivity contribution in [1.82, 2.24) is 0 Å². The van der Waals surface area contributed by atoms with Crippen LogP contribution >= 0.6 is 0 Å². The van der Waals surface area contributed by atoms with Gasteiger partial charge in [0.2, 0.25) is 0 Å². The number of hydrogen-bond donors (Lipinski definition) is 1. The number of nitrogens with two attached hydrogens (primary N) is 1. The van der Waals surface area contributed by atoms with Crippen molar-refractivity contribution in [3.8, 4) is 5.75 Å². The lowest BCUT2D eigenvalue weighted by atomic mass is 10.1. The third kappa shape index (κ3) is 3.42. The minimum Gasteiger partial charge on any atom is -0.338 e. The summed E-state index contributed by atoms with van der Waals surface area (Å²) in [5.41, 5.74) is 1.15. The van der Waals surface area contributed by atoms with E-state index in [0.29, 0.717) is 12.4 Å². The largest absolute Gasteiger partial charge is 0.338 e. The Bertz CT molecular complexity index is 235. The van der Waals surface area contributed by atoms with Crippen molar-refractivity contribution in [3.05, 3.63) is 29.8 Å². The monoisotopic (exact) mass is 183 g/mol. The Labute approximate surface area is 77.1 Å². The first-order valence-corrected chi connectivity index (χ1v) is 3.98. The van der Waals surface area contributed by atoms with Gasteiger partial charge in [0.05, 0.1) is 13.7 Å². The third-order valence-electron chi connectivity index (χ3n) is 1.61. The fourth-order valence-electron chi connectivity index (χ4n) is 0.985. The second kappa shape index (κ2) is 5.53. The van der Waals surface area contributed by atoms with Crippen molar-refractivity contribution in [2.75, 3.05) is 13.7 Å². The summed E-state index contributed by atoms with van der Waals surface area (Å²) in [5, 5.41) is 0. The van der Waals surface area contributed by atoms with Crippen molar-refractivity contribution < 1.29 is 14.6 Å². The Morgan fingerprint density at radius 2 is 1.92 bits per heavy atom. The molecule has 13 heavy (non-hydrogen) atoms. The molecule has 0 aliphatic heterocycles. The van der Waals surface area contributed by atoms with E-state index in [2.05, 4.69) is 9.73 Å². The van der Waals surface area contributed by atoms with E-state index in [1.54, 1.807) is 0 Å². The van der Waals surface area contributed by atoms with Gasteiger partial charge in [0.15, 0.2) is 5.75 Å². The van der Waals surface area contributed by atoms with Crippen LogP contribution < -0.4 is 10.8 Å². The maximum Gasteiger partial charge on any atom is 0.165 e. The highest BCUT2D eigenvalue weighted by Crippen LogP contribution is 2.12. The van der Waals surface area contributed by atoms with Gasteiger partial charge < -0.3 is 9.73 Å². The molecule has 0 aliphatic carbocycles. The molecule has 0 unspecified atom stereocenters. The molecule has 1 rings (SSSR count). The molecule has 0 atom stereocenters. The average Bonchev–Trinajstić information content (AvgIpc) is 2.17.